The third-order valence-electron chi connectivity index (χ3n) is 3.06. The van der Waals surface area contributed by atoms with Crippen molar-refractivity contribution in [1.29, 1.82) is 0 Å². The molecule has 0 heteroatoms. The van der Waals surface area contributed by atoms with Crippen molar-refractivity contribution in [2.75, 3.05) is 0 Å². The van der Waals surface area contributed by atoms with Gasteiger partial charge in [0.1, 0.15) is 0 Å². The fourth-order valence-electron chi connectivity index (χ4n) is 2.20. The highest BCUT2D eigenvalue weighted by Gasteiger charge is 1.98. The highest BCUT2D eigenvalue weighted by atomic mass is 14.0. The third kappa shape index (κ3) is 1.77. The van der Waals surface area contributed by atoms with Crippen LogP contribution in [0.25, 0.3) is 21.5 Å². The Morgan fingerprint density at radius 2 is 1.41 bits per heavy atom. The maximum atomic E-state index is 7.03. The molecule has 79 valence electrons. The van der Waals surface area contributed by atoms with Crippen molar-refractivity contribution in [3.05, 3.63) is 66.6 Å². The zero-order valence-corrected chi connectivity index (χ0v) is 9.40. The Bertz CT molecular complexity index is 730. The fourth-order valence-corrected chi connectivity index (χ4v) is 2.20. The largest absolute Gasteiger partial charge is 0.0843 e. The van der Waals surface area contributed by atoms with Crippen LogP contribution in [0.5, 0.6) is 0 Å². The summed E-state index contributed by atoms with van der Waals surface area (Å²) in [5.41, 5.74) is 1.14. The summed E-state index contributed by atoms with van der Waals surface area (Å²) >= 11 is 0. The molecule has 0 fully saturated rings. The second-order valence-electron chi connectivity index (χ2n) is 4.23. The van der Waals surface area contributed by atoms with Crippen LogP contribution >= 0.6 is 0 Å². The van der Waals surface area contributed by atoms with Crippen LogP contribution < -0.4 is 0 Å². The molecule has 0 nitrogen and oxygen atoms in total. The number of benzene rings is 3. The van der Waals surface area contributed by atoms with Crippen molar-refractivity contribution in [2.45, 2.75) is 6.42 Å². The van der Waals surface area contributed by atoms with Gasteiger partial charge in [-0.05, 0) is 45.7 Å². The molecule has 0 aliphatic rings. The summed E-state index contributed by atoms with van der Waals surface area (Å²) in [5.74, 6) is 2.44. The van der Waals surface area contributed by atoms with E-state index in [9.17, 15) is 0 Å². The molecule has 0 aromatic heterocycles. The average Bonchev–Trinajstić information content (AvgIpc) is 2.36. The standard InChI is InChI=1S/C17H11/c1-2-5-13-8-9-16-11-14-6-3-4-7-15(14)12-17(16)10-13/h3-4,6-12H,5H2. The monoisotopic (exact) mass is 215 g/mol. The molecule has 0 amide bonds. The van der Waals surface area contributed by atoms with E-state index in [1.54, 1.807) is 0 Å². The average molecular weight is 215 g/mol. The summed E-state index contributed by atoms with van der Waals surface area (Å²) in [7, 11) is 0. The molecular formula is C17H11. The molecule has 3 rings (SSSR count). The molecule has 17 heavy (non-hydrogen) atoms. The summed E-state index contributed by atoms with van der Waals surface area (Å²) in [6.45, 7) is 0. The summed E-state index contributed by atoms with van der Waals surface area (Å²) in [4.78, 5) is 0. The minimum absolute atomic E-state index is 0.586. The van der Waals surface area contributed by atoms with Crippen LogP contribution in [0.1, 0.15) is 5.56 Å². The molecule has 0 saturated carbocycles. The van der Waals surface area contributed by atoms with Crippen molar-refractivity contribution in [3.8, 4) is 5.92 Å². The first-order valence-corrected chi connectivity index (χ1v) is 5.68. The Morgan fingerprint density at radius 1 is 0.765 bits per heavy atom. The van der Waals surface area contributed by atoms with E-state index in [2.05, 4.69) is 60.5 Å². The first kappa shape index (κ1) is 9.93. The third-order valence-corrected chi connectivity index (χ3v) is 3.06. The molecule has 3 aromatic carbocycles. The Kier molecular flexibility index (Phi) is 2.31. The van der Waals surface area contributed by atoms with Crippen LogP contribution in [0.15, 0.2) is 54.6 Å². The second kappa shape index (κ2) is 3.96. The second-order valence-corrected chi connectivity index (χ2v) is 4.23. The molecule has 0 saturated heterocycles. The minimum atomic E-state index is 0.586. The maximum absolute atomic E-state index is 7.03. The van der Waals surface area contributed by atoms with Gasteiger partial charge in [-0.1, -0.05) is 48.4 Å². The molecule has 0 spiro atoms. The van der Waals surface area contributed by atoms with E-state index >= 15 is 0 Å². The minimum Gasteiger partial charge on any atom is -0.0843 e. The van der Waals surface area contributed by atoms with Gasteiger partial charge in [-0.2, -0.15) is 0 Å². The lowest BCUT2D eigenvalue weighted by Gasteiger charge is -2.04. The quantitative estimate of drug-likeness (QED) is 0.423. The number of hydrogen-bond acceptors (Lipinski definition) is 0. The zero-order valence-electron chi connectivity index (χ0n) is 9.40. The summed E-state index contributed by atoms with van der Waals surface area (Å²) < 4.78 is 0. The van der Waals surface area contributed by atoms with Gasteiger partial charge in [0.25, 0.3) is 0 Å². The zero-order chi connectivity index (χ0) is 11.7. The van der Waals surface area contributed by atoms with Crippen molar-refractivity contribution in [2.24, 2.45) is 0 Å². The van der Waals surface area contributed by atoms with Gasteiger partial charge in [0.15, 0.2) is 0 Å². The van der Waals surface area contributed by atoms with Crippen LogP contribution in [-0.2, 0) is 6.42 Å². The van der Waals surface area contributed by atoms with Crippen molar-refractivity contribution in [3.63, 3.8) is 0 Å². The summed E-state index contributed by atoms with van der Waals surface area (Å²) in [6, 6.07) is 19.1. The van der Waals surface area contributed by atoms with Crippen LogP contribution in [0.2, 0.25) is 0 Å². The number of fused-ring (bicyclic) bond motifs is 2. The smallest absolute Gasteiger partial charge is 0.0350 e. The van der Waals surface area contributed by atoms with Crippen LogP contribution in [-0.4, -0.2) is 0 Å². The van der Waals surface area contributed by atoms with E-state index in [0.29, 0.717) is 6.42 Å². The van der Waals surface area contributed by atoms with Crippen LogP contribution in [0, 0.1) is 12.3 Å². The van der Waals surface area contributed by atoms with Gasteiger partial charge in [-0.25, -0.2) is 0 Å². The lowest BCUT2D eigenvalue weighted by atomic mass is 10.0. The molecule has 0 bridgehead atoms. The molecule has 0 aliphatic carbocycles. The van der Waals surface area contributed by atoms with E-state index in [1.165, 1.54) is 21.5 Å². The van der Waals surface area contributed by atoms with E-state index in [4.69, 9.17) is 6.42 Å². The molecule has 1 radical (unpaired) electrons. The normalized spacial score (nSPS) is 10.5. The predicted molar refractivity (Wildman–Crippen MR) is 72.3 cm³/mol. The lowest BCUT2D eigenvalue weighted by molar-refractivity contribution is 1.33. The first-order chi connectivity index (χ1) is 8.36. The molecule has 0 unspecified atom stereocenters. The van der Waals surface area contributed by atoms with Crippen molar-refractivity contribution in [1.82, 2.24) is 0 Å². The van der Waals surface area contributed by atoms with Gasteiger partial charge in [0.2, 0.25) is 0 Å². The highest BCUT2D eigenvalue weighted by Crippen LogP contribution is 2.23. The van der Waals surface area contributed by atoms with Gasteiger partial charge in [-0.3, -0.25) is 0 Å². The Hall–Kier alpha value is -2.26. The summed E-state index contributed by atoms with van der Waals surface area (Å²) in [5, 5.41) is 5.01. The molecule has 0 N–H and O–H groups in total. The molecule has 0 atom stereocenters. The van der Waals surface area contributed by atoms with E-state index in [1.807, 2.05) is 0 Å². The number of hydrogen-bond donors (Lipinski definition) is 0. The Labute approximate surface area is 101 Å². The van der Waals surface area contributed by atoms with Crippen molar-refractivity contribution >= 4 is 21.5 Å². The Balaban J connectivity index is 2.29. The molecule has 3 aromatic rings. The van der Waals surface area contributed by atoms with Gasteiger partial charge < -0.3 is 0 Å². The molecule has 0 heterocycles. The molecule has 0 aliphatic heterocycles. The van der Waals surface area contributed by atoms with Crippen LogP contribution in [0.3, 0.4) is 0 Å². The van der Waals surface area contributed by atoms with Crippen molar-refractivity contribution < 1.29 is 0 Å². The summed E-state index contributed by atoms with van der Waals surface area (Å²) in [6.07, 6.45) is 7.62. The van der Waals surface area contributed by atoms with Gasteiger partial charge >= 0.3 is 0 Å². The first-order valence-electron chi connectivity index (χ1n) is 5.68. The van der Waals surface area contributed by atoms with Gasteiger partial charge in [0, 0.05) is 6.42 Å². The lowest BCUT2D eigenvalue weighted by Crippen LogP contribution is -1.82. The van der Waals surface area contributed by atoms with E-state index in [0.717, 1.165) is 5.56 Å². The van der Waals surface area contributed by atoms with Gasteiger partial charge in [-0.15, -0.1) is 0 Å². The number of rotatable bonds is 1. The SMILES string of the molecule is [C]#CCc1ccc2cc3ccccc3cc2c1. The topological polar surface area (TPSA) is 0 Å². The van der Waals surface area contributed by atoms with E-state index < -0.39 is 0 Å². The Morgan fingerprint density at radius 3 is 2.12 bits per heavy atom. The maximum Gasteiger partial charge on any atom is 0.0350 e. The van der Waals surface area contributed by atoms with Crippen LogP contribution in [0.4, 0.5) is 0 Å². The predicted octanol–water partition coefficient (Wildman–Crippen LogP) is 4.13. The molecular weight excluding hydrogens is 204 g/mol. The van der Waals surface area contributed by atoms with E-state index in [-0.39, 0.29) is 0 Å². The van der Waals surface area contributed by atoms with Gasteiger partial charge in [0.05, 0.1) is 0 Å². The highest BCUT2D eigenvalue weighted by molar-refractivity contribution is 5.98. The fraction of sp³-hybridized carbons (Fsp3) is 0.0588.